The van der Waals surface area contributed by atoms with Crippen LogP contribution in [0.15, 0.2) is 34.2 Å². The summed E-state index contributed by atoms with van der Waals surface area (Å²) < 4.78 is 0. The summed E-state index contributed by atoms with van der Waals surface area (Å²) in [5.41, 5.74) is 1.47. The van der Waals surface area contributed by atoms with E-state index in [4.69, 9.17) is 23.2 Å². The average molecular weight is 400 g/mol. The van der Waals surface area contributed by atoms with Gasteiger partial charge in [0.05, 0.1) is 5.75 Å². The number of rotatable bonds is 8. The molecule has 0 aliphatic heterocycles. The number of aryl methyl sites for hydroxylation is 1. The van der Waals surface area contributed by atoms with Gasteiger partial charge in [-0.05, 0) is 30.5 Å². The number of carbonyl (C=O) groups excluding carboxylic acids is 1. The highest BCUT2D eigenvalue weighted by atomic mass is 35.5. The fourth-order valence-electron chi connectivity index (χ4n) is 2.18. The fraction of sp³-hybridized carbons (Fsp3) is 0.353. The minimum Gasteiger partial charge on any atom is -0.355 e. The maximum absolute atomic E-state index is 11.9. The van der Waals surface area contributed by atoms with Gasteiger partial charge in [-0.3, -0.25) is 9.59 Å². The molecule has 0 fully saturated rings. The van der Waals surface area contributed by atoms with Crippen molar-refractivity contribution in [2.75, 3.05) is 12.3 Å². The van der Waals surface area contributed by atoms with Crippen LogP contribution in [0, 0.1) is 0 Å². The monoisotopic (exact) mass is 399 g/mol. The van der Waals surface area contributed by atoms with Gasteiger partial charge in [0.25, 0.3) is 5.56 Å². The molecule has 0 aliphatic carbocycles. The number of amides is 1. The van der Waals surface area contributed by atoms with Gasteiger partial charge in [0.1, 0.15) is 0 Å². The van der Waals surface area contributed by atoms with E-state index in [1.807, 2.05) is 13.0 Å². The molecule has 0 spiro atoms. The Bertz CT molecular complexity index is 796. The Morgan fingerprint density at radius 3 is 2.80 bits per heavy atom. The Balaban J connectivity index is 1.80. The van der Waals surface area contributed by atoms with Gasteiger partial charge in [-0.15, -0.1) is 0 Å². The maximum Gasteiger partial charge on any atom is 0.251 e. The van der Waals surface area contributed by atoms with Gasteiger partial charge in [-0.1, -0.05) is 54.4 Å². The van der Waals surface area contributed by atoms with Crippen molar-refractivity contribution in [3.63, 3.8) is 0 Å². The first kappa shape index (κ1) is 19.8. The number of nitrogens with one attached hydrogen (secondary N) is 2. The molecule has 5 nitrogen and oxygen atoms in total. The average Bonchev–Trinajstić information content (AvgIpc) is 2.55. The lowest BCUT2D eigenvalue weighted by molar-refractivity contribution is -0.118. The van der Waals surface area contributed by atoms with Crippen molar-refractivity contribution in [1.29, 1.82) is 0 Å². The molecule has 2 rings (SSSR count). The van der Waals surface area contributed by atoms with E-state index >= 15 is 0 Å². The Kier molecular flexibility index (Phi) is 7.81. The van der Waals surface area contributed by atoms with Gasteiger partial charge in [-0.25, -0.2) is 4.98 Å². The van der Waals surface area contributed by atoms with Crippen molar-refractivity contribution in [3.8, 4) is 0 Å². The third-order valence-electron chi connectivity index (χ3n) is 3.35. The summed E-state index contributed by atoms with van der Waals surface area (Å²) in [6, 6.07) is 6.79. The van der Waals surface area contributed by atoms with E-state index < -0.39 is 0 Å². The van der Waals surface area contributed by atoms with Crippen LogP contribution in [-0.4, -0.2) is 28.2 Å². The van der Waals surface area contributed by atoms with Crippen LogP contribution >= 0.6 is 35.0 Å². The van der Waals surface area contributed by atoms with Crippen molar-refractivity contribution >= 4 is 40.9 Å². The normalized spacial score (nSPS) is 10.7. The summed E-state index contributed by atoms with van der Waals surface area (Å²) >= 11 is 13.2. The van der Waals surface area contributed by atoms with Gasteiger partial charge in [-0.2, -0.15) is 0 Å². The largest absolute Gasteiger partial charge is 0.355 e. The molecule has 1 amide bonds. The summed E-state index contributed by atoms with van der Waals surface area (Å²) in [6.07, 6.45) is 2.27. The van der Waals surface area contributed by atoms with E-state index in [2.05, 4.69) is 15.3 Å². The zero-order valence-corrected chi connectivity index (χ0v) is 16.1. The summed E-state index contributed by atoms with van der Waals surface area (Å²) in [6.45, 7) is 2.50. The third kappa shape index (κ3) is 6.72. The molecule has 2 aromatic rings. The van der Waals surface area contributed by atoms with E-state index in [0.29, 0.717) is 28.2 Å². The molecule has 0 aliphatic rings. The zero-order chi connectivity index (χ0) is 18.2. The van der Waals surface area contributed by atoms with E-state index in [1.54, 1.807) is 12.1 Å². The molecule has 0 unspecified atom stereocenters. The molecule has 0 saturated carbocycles. The first-order valence-electron chi connectivity index (χ1n) is 7.91. The quantitative estimate of drug-likeness (QED) is 0.526. The smallest absolute Gasteiger partial charge is 0.251 e. The number of aromatic amines is 1. The molecule has 0 bridgehead atoms. The fourth-order valence-corrected chi connectivity index (χ4v) is 3.41. The van der Waals surface area contributed by atoms with Gasteiger partial charge >= 0.3 is 0 Å². The lowest BCUT2D eigenvalue weighted by atomic mass is 10.1. The molecule has 134 valence electrons. The molecular formula is C17H19Cl2N3O2S. The molecule has 1 aromatic carbocycles. The van der Waals surface area contributed by atoms with Crippen LogP contribution in [0.5, 0.6) is 0 Å². The highest BCUT2D eigenvalue weighted by Gasteiger charge is 2.07. The molecule has 0 saturated heterocycles. The Morgan fingerprint density at radius 2 is 2.08 bits per heavy atom. The summed E-state index contributed by atoms with van der Waals surface area (Å²) in [7, 11) is 0. The molecule has 25 heavy (non-hydrogen) atoms. The highest BCUT2D eigenvalue weighted by molar-refractivity contribution is 7.99. The van der Waals surface area contributed by atoms with Gasteiger partial charge in [0.15, 0.2) is 5.16 Å². The zero-order valence-electron chi connectivity index (χ0n) is 13.8. The number of carbonyl (C=O) groups is 1. The molecule has 8 heteroatoms. The highest BCUT2D eigenvalue weighted by Crippen LogP contribution is 2.21. The van der Waals surface area contributed by atoms with Gasteiger partial charge in [0.2, 0.25) is 5.91 Å². The van der Waals surface area contributed by atoms with Crippen LogP contribution in [0.1, 0.15) is 24.6 Å². The number of hydrogen-bond acceptors (Lipinski definition) is 4. The Morgan fingerprint density at radius 1 is 1.28 bits per heavy atom. The number of aromatic nitrogens is 2. The van der Waals surface area contributed by atoms with Gasteiger partial charge in [0, 0.05) is 28.4 Å². The van der Waals surface area contributed by atoms with Crippen molar-refractivity contribution in [1.82, 2.24) is 15.3 Å². The SMILES string of the molecule is CCCc1cc(=O)[nH]c(SCC(=O)NCCc2ccc(Cl)cc2Cl)n1. The lowest BCUT2D eigenvalue weighted by Gasteiger charge is -2.07. The third-order valence-corrected chi connectivity index (χ3v) is 4.81. The van der Waals surface area contributed by atoms with Crippen LogP contribution in [0.2, 0.25) is 10.0 Å². The number of halogens is 2. The second-order valence-electron chi connectivity index (χ2n) is 5.42. The van der Waals surface area contributed by atoms with Crippen molar-refractivity contribution in [2.45, 2.75) is 31.3 Å². The van der Waals surface area contributed by atoms with Crippen LogP contribution in [0.25, 0.3) is 0 Å². The predicted octanol–water partition coefficient (Wildman–Crippen LogP) is 3.48. The topological polar surface area (TPSA) is 74.8 Å². The first-order chi connectivity index (χ1) is 12.0. The van der Waals surface area contributed by atoms with Crippen molar-refractivity contribution in [3.05, 3.63) is 55.9 Å². The van der Waals surface area contributed by atoms with Crippen molar-refractivity contribution < 1.29 is 4.79 Å². The summed E-state index contributed by atoms with van der Waals surface area (Å²) in [5.74, 6) is 0.0611. The Hall–Kier alpha value is -1.50. The van der Waals surface area contributed by atoms with Gasteiger partial charge < -0.3 is 10.3 Å². The molecule has 0 radical (unpaired) electrons. The summed E-state index contributed by atoms with van der Waals surface area (Å²) in [5, 5.41) is 4.46. The minimum absolute atomic E-state index is 0.126. The molecule has 1 aromatic heterocycles. The molecule has 2 N–H and O–H groups in total. The summed E-state index contributed by atoms with van der Waals surface area (Å²) in [4.78, 5) is 30.5. The first-order valence-corrected chi connectivity index (χ1v) is 9.65. The second kappa shape index (κ2) is 9.85. The lowest BCUT2D eigenvalue weighted by Crippen LogP contribution is -2.27. The van der Waals surface area contributed by atoms with Crippen molar-refractivity contribution in [2.24, 2.45) is 0 Å². The minimum atomic E-state index is -0.196. The number of thioether (sulfide) groups is 1. The van der Waals surface area contributed by atoms with E-state index in [9.17, 15) is 9.59 Å². The maximum atomic E-state index is 11.9. The second-order valence-corrected chi connectivity index (χ2v) is 7.22. The number of H-pyrrole nitrogens is 1. The Labute approximate surface area is 160 Å². The molecular weight excluding hydrogens is 381 g/mol. The number of nitrogens with zero attached hydrogens (tertiary/aromatic N) is 1. The molecule has 1 heterocycles. The van der Waals surface area contributed by atoms with E-state index in [0.717, 1.165) is 24.1 Å². The standard InChI is InChI=1S/C17H19Cl2N3O2S/c1-2-3-13-9-15(23)22-17(21-13)25-10-16(24)20-7-6-11-4-5-12(18)8-14(11)19/h4-5,8-9H,2-3,6-7,10H2,1H3,(H,20,24)(H,21,22,23). The van der Waals surface area contributed by atoms with Crippen LogP contribution < -0.4 is 10.9 Å². The van der Waals surface area contributed by atoms with Crippen LogP contribution in [0.4, 0.5) is 0 Å². The van der Waals surface area contributed by atoms with Crippen LogP contribution in [-0.2, 0) is 17.6 Å². The number of benzene rings is 1. The number of hydrogen-bond donors (Lipinski definition) is 2. The van der Waals surface area contributed by atoms with E-state index in [1.165, 1.54) is 17.8 Å². The molecule has 0 atom stereocenters. The predicted molar refractivity (Wildman–Crippen MR) is 103 cm³/mol. The van der Waals surface area contributed by atoms with E-state index in [-0.39, 0.29) is 17.2 Å². The van der Waals surface area contributed by atoms with Crippen LogP contribution in [0.3, 0.4) is 0 Å².